The summed E-state index contributed by atoms with van der Waals surface area (Å²) in [6.07, 6.45) is 1.26. The number of aromatic nitrogens is 1. The van der Waals surface area contributed by atoms with Gasteiger partial charge < -0.3 is 19.2 Å². The first-order valence-corrected chi connectivity index (χ1v) is 8.40. The highest BCUT2D eigenvalue weighted by molar-refractivity contribution is 6.43. The maximum Gasteiger partial charge on any atom is 0.454 e. The molecular formula is C18H21BFNO4. The van der Waals surface area contributed by atoms with Crippen LogP contribution in [0.4, 0.5) is 4.39 Å². The van der Waals surface area contributed by atoms with Crippen molar-refractivity contribution in [2.75, 3.05) is 20.3 Å². The van der Waals surface area contributed by atoms with Gasteiger partial charge in [0.25, 0.3) is 0 Å². The lowest BCUT2D eigenvalue weighted by molar-refractivity contribution is 0.280. The zero-order chi connectivity index (χ0) is 17.8. The van der Waals surface area contributed by atoms with Crippen molar-refractivity contribution in [1.29, 1.82) is 0 Å². The largest absolute Gasteiger partial charge is 0.493 e. The van der Waals surface area contributed by atoms with Crippen LogP contribution in [-0.4, -0.2) is 37.4 Å². The lowest BCUT2D eigenvalue weighted by Crippen LogP contribution is -2.08. The fourth-order valence-corrected chi connectivity index (χ4v) is 2.88. The first kappa shape index (κ1) is 17.7. The maximum absolute atomic E-state index is 15.0. The molecule has 1 aliphatic heterocycles. The molecule has 7 heteroatoms. The van der Waals surface area contributed by atoms with Crippen molar-refractivity contribution >= 4 is 7.12 Å². The summed E-state index contributed by atoms with van der Waals surface area (Å²) in [6, 6.07) is 8.77. The Morgan fingerprint density at radius 2 is 2.20 bits per heavy atom. The number of rotatable bonds is 6. The van der Waals surface area contributed by atoms with E-state index < -0.39 is 12.9 Å². The molecule has 1 aromatic carbocycles. The van der Waals surface area contributed by atoms with Gasteiger partial charge in [-0.15, -0.1) is 0 Å². The van der Waals surface area contributed by atoms with E-state index in [4.69, 9.17) is 14.1 Å². The Bertz CT molecular complexity index is 743. The molecule has 3 rings (SSSR count). The summed E-state index contributed by atoms with van der Waals surface area (Å²) in [7, 11) is 0.722. The Hall–Kier alpha value is -2.12. The predicted molar refractivity (Wildman–Crippen MR) is 93.4 cm³/mol. The summed E-state index contributed by atoms with van der Waals surface area (Å²) in [5.74, 6) is -0.0147. The van der Waals surface area contributed by atoms with Gasteiger partial charge in [0.15, 0.2) is 17.3 Å². The van der Waals surface area contributed by atoms with E-state index >= 15 is 0 Å². The molecule has 25 heavy (non-hydrogen) atoms. The molecule has 0 aliphatic carbocycles. The quantitative estimate of drug-likeness (QED) is 0.815. The lowest BCUT2D eigenvalue weighted by atomic mass is 9.81. The fourth-order valence-electron chi connectivity index (χ4n) is 2.88. The minimum Gasteiger partial charge on any atom is -0.493 e. The highest BCUT2D eigenvalue weighted by atomic mass is 19.1. The number of ether oxygens (including phenoxy) is 2. The van der Waals surface area contributed by atoms with Crippen LogP contribution in [-0.2, 0) is 4.65 Å². The summed E-state index contributed by atoms with van der Waals surface area (Å²) in [5.41, 5.74) is 1.65. The summed E-state index contributed by atoms with van der Waals surface area (Å²) in [5, 5.41) is 9.53. The highest BCUT2D eigenvalue weighted by Gasteiger charge is 2.30. The van der Waals surface area contributed by atoms with Crippen LogP contribution in [0.25, 0.3) is 11.3 Å². The number of halogens is 1. The van der Waals surface area contributed by atoms with Gasteiger partial charge in [0.2, 0.25) is 0 Å². The molecule has 5 nitrogen and oxygen atoms in total. The van der Waals surface area contributed by atoms with E-state index in [9.17, 15) is 9.41 Å². The van der Waals surface area contributed by atoms with Gasteiger partial charge in [0, 0.05) is 23.8 Å². The van der Waals surface area contributed by atoms with Crippen LogP contribution >= 0.6 is 0 Å². The van der Waals surface area contributed by atoms with Crippen molar-refractivity contribution in [3.8, 4) is 22.8 Å². The maximum atomic E-state index is 15.0. The third kappa shape index (κ3) is 3.77. The van der Waals surface area contributed by atoms with Gasteiger partial charge in [-0.05, 0) is 37.0 Å². The Morgan fingerprint density at radius 1 is 1.36 bits per heavy atom. The van der Waals surface area contributed by atoms with Gasteiger partial charge in [0.05, 0.1) is 19.4 Å². The second kappa shape index (κ2) is 7.84. The second-order valence-corrected chi connectivity index (χ2v) is 5.98. The van der Waals surface area contributed by atoms with E-state index in [1.807, 2.05) is 19.1 Å². The first-order chi connectivity index (χ1) is 12.1. The first-order valence-electron chi connectivity index (χ1n) is 8.40. The highest BCUT2D eigenvalue weighted by Crippen LogP contribution is 2.37. The zero-order valence-electron chi connectivity index (χ0n) is 14.4. The fraction of sp³-hybridized carbons (Fsp3) is 0.389. The van der Waals surface area contributed by atoms with Crippen molar-refractivity contribution in [3.63, 3.8) is 0 Å². The van der Waals surface area contributed by atoms with Gasteiger partial charge in [-0.2, -0.15) is 0 Å². The van der Waals surface area contributed by atoms with E-state index in [1.165, 1.54) is 7.11 Å². The summed E-state index contributed by atoms with van der Waals surface area (Å²) in [6.45, 7) is 2.77. The smallest absolute Gasteiger partial charge is 0.454 e. The average molecular weight is 345 g/mol. The van der Waals surface area contributed by atoms with Crippen molar-refractivity contribution in [2.45, 2.75) is 25.6 Å². The molecule has 1 fully saturated rings. The summed E-state index contributed by atoms with van der Waals surface area (Å²) >= 11 is 0. The number of pyridine rings is 1. The Morgan fingerprint density at radius 3 is 2.88 bits per heavy atom. The molecule has 0 radical (unpaired) electrons. The van der Waals surface area contributed by atoms with Crippen LogP contribution in [0.15, 0.2) is 30.3 Å². The molecule has 132 valence electrons. The van der Waals surface area contributed by atoms with E-state index in [2.05, 4.69) is 4.98 Å². The number of hydrogen-bond donors (Lipinski definition) is 1. The molecule has 1 saturated heterocycles. The molecule has 2 heterocycles. The Kier molecular flexibility index (Phi) is 5.55. The number of nitrogens with zero attached hydrogens (tertiary/aromatic N) is 1. The number of methoxy groups -OCH3 is 1. The van der Waals surface area contributed by atoms with Crippen molar-refractivity contribution < 1.29 is 23.5 Å². The standard InChI is InChI=1S/C18H21BFNO4/c1-3-9-24-18-16(23-2)8-7-13(17(18)20)15-6-4-5-14(21-15)12-10-19(22)25-11-12/h4-8,12,22H,3,9-11H2,1-2H3. The Labute approximate surface area is 146 Å². The van der Waals surface area contributed by atoms with E-state index in [1.54, 1.807) is 18.2 Å². The van der Waals surface area contributed by atoms with E-state index in [0.29, 0.717) is 36.5 Å². The van der Waals surface area contributed by atoms with Crippen LogP contribution < -0.4 is 9.47 Å². The van der Waals surface area contributed by atoms with Crippen LogP contribution in [0, 0.1) is 5.82 Å². The predicted octanol–water partition coefficient (Wildman–Crippen LogP) is 3.28. The molecule has 0 bridgehead atoms. The zero-order valence-corrected chi connectivity index (χ0v) is 14.4. The van der Waals surface area contributed by atoms with Gasteiger partial charge in [-0.3, -0.25) is 4.98 Å². The van der Waals surface area contributed by atoms with Gasteiger partial charge >= 0.3 is 7.12 Å². The van der Waals surface area contributed by atoms with Crippen molar-refractivity contribution in [1.82, 2.24) is 4.98 Å². The van der Waals surface area contributed by atoms with Crippen LogP contribution in [0.3, 0.4) is 0 Å². The summed E-state index contributed by atoms with van der Waals surface area (Å²) in [4.78, 5) is 4.57. The van der Waals surface area contributed by atoms with Crippen molar-refractivity contribution in [3.05, 3.63) is 41.8 Å². The van der Waals surface area contributed by atoms with Gasteiger partial charge in [0.1, 0.15) is 0 Å². The molecule has 0 spiro atoms. The minimum atomic E-state index is -0.762. The van der Waals surface area contributed by atoms with Crippen LogP contribution in [0.1, 0.15) is 25.0 Å². The Balaban J connectivity index is 1.96. The lowest BCUT2D eigenvalue weighted by Gasteiger charge is -2.14. The van der Waals surface area contributed by atoms with Crippen LogP contribution in [0.5, 0.6) is 11.5 Å². The number of benzene rings is 1. The second-order valence-electron chi connectivity index (χ2n) is 5.98. The minimum absolute atomic E-state index is 0.00655. The summed E-state index contributed by atoms with van der Waals surface area (Å²) < 4.78 is 30.9. The molecule has 1 aromatic heterocycles. The van der Waals surface area contributed by atoms with Gasteiger partial charge in [-0.25, -0.2) is 4.39 Å². The topological polar surface area (TPSA) is 60.8 Å². The molecule has 0 saturated carbocycles. The van der Waals surface area contributed by atoms with E-state index in [0.717, 1.165) is 12.1 Å². The molecule has 1 aliphatic rings. The van der Waals surface area contributed by atoms with Gasteiger partial charge in [-0.1, -0.05) is 13.0 Å². The molecule has 1 atom stereocenters. The SMILES string of the molecule is CCCOc1c(OC)ccc(-c2cccc(C3COB(O)C3)n2)c1F. The van der Waals surface area contributed by atoms with Crippen molar-refractivity contribution in [2.24, 2.45) is 0 Å². The molecule has 0 amide bonds. The third-order valence-electron chi connectivity index (χ3n) is 4.17. The number of hydrogen-bond acceptors (Lipinski definition) is 5. The third-order valence-corrected chi connectivity index (χ3v) is 4.17. The monoisotopic (exact) mass is 345 g/mol. The molecule has 1 N–H and O–H groups in total. The van der Waals surface area contributed by atoms with Crippen LogP contribution in [0.2, 0.25) is 6.32 Å². The molecule has 2 aromatic rings. The van der Waals surface area contributed by atoms with E-state index in [-0.39, 0.29) is 11.7 Å². The average Bonchev–Trinajstić information content (AvgIpc) is 3.07. The molecule has 1 unspecified atom stereocenters. The molecular weight excluding hydrogens is 324 g/mol. The normalized spacial score (nSPS) is 17.0.